The first-order valence-corrected chi connectivity index (χ1v) is 8.12. The Kier molecular flexibility index (Phi) is 9.95. The van der Waals surface area contributed by atoms with Crippen LogP contribution in [0.15, 0.2) is 23.2 Å². The van der Waals surface area contributed by atoms with Crippen LogP contribution in [0.2, 0.25) is 0 Å². The standard InChI is InChI=1S/C17H28F2N4O/c1-20-17(22-9-11-23(2)10-4-12-24-3)21-8-7-14-13-15(18)5-6-16(14)19/h5-6,13H,4,7-12H2,1-3H3,(H2,20,21,22). The summed E-state index contributed by atoms with van der Waals surface area (Å²) in [6, 6.07) is 3.50. The average molecular weight is 342 g/mol. The van der Waals surface area contributed by atoms with Crippen LogP contribution in [0.1, 0.15) is 12.0 Å². The second-order valence-corrected chi connectivity index (χ2v) is 5.56. The van der Waals surface area contributed by atoms with Crippen molar-refractivity contribution in [3.05, 3.63) is 35.4 Å². The monoisotopic (exact) mass is 342 g/mol. The van der Waals surface area contributed by atoms with Gasteiger partial charge < -0.3 is 20.3 Å². The van der Waals surface area contributed by atoms with Gasteiger partial charge in [-0.15, -0.1) is 0 Å². The SMILES string of the molecule is CN=C(NCCc1cc(F)ccc1F)NCCN(C)CCCOC. The molecule has 0 saturated heterocycles. The van der Waals surface area contributed by atoms with Crippen molar-refractivity contribution in [3.8, 4) is 0 Å². The molecule has 2 N–H and O–H groups in total. The minimum absolute atomic E-state index is 0.357. The summed E-state index contributed by atoms with van der Waals surface area (Å²) in [6.07, 6.45) is 1.39. The average Bonchev–Trinajstić information content (AvgIpc) is 2.56. The van der Waals surface area contributed by atoms with Crippen molar-refractivity contribution in [3.63, 3.8) is 0 Å². The summed E-state index contributed by atoms with van der Waals surface area (Å²) in [5.41, 5.74) is 0.357. The van der Waals surface area contributed by atoms with Gasteiger partial charge in [-0.25, -0.2) is 8.78 Å². The number of rotatable bonds is 10. The number of hydrogen-bond donors (Lipinski definition) is 2. The molecule has 0 spiro atoms. The van der Waals surface area contributed by atoms with E-state index in [0.717, 1.165) is 44.8 Å². The van der Waals surface area contributed by atoms with Crippen LogP contribution in [-0.4, -0.2) is 64.9 Å². The number of nitrogens with zero attached hydrogens (tertiary/aromatic N) is 2. The molecule has 0 amide bonds. The third-order valence-electron chi connectivity index (χ3n) is 3.59. The first-order chi connectivity index (χ1) is 11.6. The number of ether oxygens (including phenoxy) is 1. The number of nitrogens with one attached hydrogen (secondary N) is 2. The van der Waals surface area contributed by atoms with Crippen molar-refractivity contribution in [1.82, 2.24) is 15.5 Å². The van der Waals surface area contributed by atoms with Crippen molar-refractivity contribution in [1.29, 1.82) is 0 Å². The van der Waals surface area contributed by atoms with Gasteiger partial charge in [0.15, 0.2) is 5.96 Å². The summed E-state index contributed by atoms with van der Waals surface area (Å²) in [6.45, 7) is 3.84. The molecule has 24 heavy (non-hydrogen) atoms. The van der Waals surface area contributed by atoms with Crippen LogP contribution >= 0.6 is 0 Å². The molecule has 0 aliphatic heterocycles. The van der Waals surface area contributed by atoms with Gasteiger partial charge in [0, 0.05) is 46.9 Å². The van der Waals surface area contributed by atoms with Crippen LogP contribution in [0.5, 0.6) is 0 Å². The number of halogens is 2. The van der Waals surface area contributed by atoms with Gasteiger partial charge in [0.25, 0.3) is 0 Å². The van der Waals surface area contributed by atoms with Crippen LogP contribution in [0.25, 0.3) is 0 Å². The van der Waals surface area contributed by atoms with Gasteiger partial charge in [-0.1, -0.05) is 0 Å². The van der Waals surface area contributed by atoms with Crippen LogP contribution in [0.3, 0.4) is 0 Å². The van der Waals surface area contributed by atoms with E-state index in [9.17, 15) is 8.78 Å². The van der Waals surface area contributed by atoms with E-state index in [1.54, 1.807) is 14.2 Å². The summed E-state index contributed by atoms with van der Waals surface area (Å²) < 4.78 is 31.7. The quantitative estimate of drug-likeness (QED) is 0.386. The Bertz CT molecular complexity index is 511. The Morgan fingerprint density at radius 3 is 2.67 bits per heavy atom. The number of benzene rings is 1. The van der Waals surface area contributed by atoms with E-state index in [4.69, 9.17) is 4.74 Å². The molecule has 0 atom stereocenters. The Labute approximate surface area is 143 Å². The maximum absolute atomic E-state index is 13.5. The number of methoxy groups -OCH3 is 1. The molecule has 0 bridgehead atoms. The lowest BCUT2D eigenvalue weighted by molar-refractivity contribution is 0.180. The van der Waals surface area contributed by atoms with Gasteiger partial charge in [-0.05, 0) is 43.7 Å². The molecular weight excluding hydrogens is 314 g/mol. The summed E-state index contributed by atoms with van der Waals surface area (Å²) >= 11 is 0. The van der Waals surface area contributed by atoms with E-state index in [-0.39, 0.29) is 5.82 Å². The molecule has 0 unspecified atom stereocenters. The first-order valence-electron chi connectivity index (χ1n) is 8.12. The minimum atomic E-state index is -0.426. The van der Waals surface area contributed by atoms with E-state index in [1.165, 1.54) is 6.07 Å². The highest BCUT2D eigenvalue weighted by Crippen LogP contribution is 2.09. The molecular formula is C17H28F2N4O. The van der Waals surface area contributed by atoms with Crippen molar-refractivity contribution in [2.45, 2.75) is 12.8 Å². The van der Waals surface area contributed by atoms with Gasteiger partial charge in [-0.2, -0.15) is 0 Å². The van der Waals surface area contributed by atoms with Gasteiger partial charge in [0.1, 0.15) is 11.6 Å². The first kappa shape index (κ1) is 20.3. The fourth-order valence-corrected chi connectivity index (χ4v) is 2.23. The van der Waals surface area contributed by atoms with Crippen LogP contribution < -0.4 is 10.6 Å². The Balaban J connectivity index is 2.24. The molecule has 1 aromatic carbocycles. The highest BCUT2D eigenvalue weighted by Gasteiger charge is 2.05. The Morgan fingerprint density at radius 1 is 1.21 bits per heavy atom. The molecule has 1 rings (SSSR count). The molecule has 1 aromatic rings. The summed E-state index contributed by atoms with van der Waals surface area (Å²) in [4.78, 5) is 6.33. The van der Waals surface area contributed by atoms with Gasteiger partial charge >= 0.3 is 0 Å². The second-order valence-electron chi connectivity index (χ2n) is 5.56. The van der Waals surface area contributed by atoms with E-state index in [0.29, 0.717) is 24.5 Å². The summed E-state index contributed by atoms with van der Waals surface area (Å²) in [5, 5.41) is 6.30. The molecule has 0 radical (unpaired) electrons. The van der Waals surface area contributed by atoms with Crippen molar-refractivity contribution in [2.24, 2.45) is 4.99 Å². The minimum Gasteiger partial charge on any atom is -0.385 e. The number of guanidine groups is 1. The van der Waals surface area contributed by atoms with Crippen molar-refractivity contribution < 1.29 is 13.5 Å². The van der Waals surface area contributed by atoms with Gasteiger partial charge in [0.05, 0.1) is 0 Å². The molecule has 0 aliphatic rings. The molecule has 0 fully saturated rings. The summed E-state index contributed by atoms with van der Waals surface area (Å²) in [7, 11) is 5.44. The molecule has 7 heteroatoms. The number of likely N-dealkylation sites (N-methyl/N-ethyl adjacent to an activating group) is 1. The molecule has 5 nitrogen and oxygen atoms in total. The maximum Gasteiger partial charge on any atom is 0.191 e. The predicted molar refractivity (Wildman–Crippen MR) is 93.4 cm³/mol. The zero-order valence-electron chi connectivity index (χ0n) is 14.7. The highest BCUT2D eigenvalue weighted by molar-refractivity contribution is 5.79. The summed E-state index contributed by atoms with van der Waals surface area (Å²) in [5.74, 6) is -0.165. The third kappa shape index (κ3) is 8.21. The largest absolute Gasteiger partial charge is 0.385 e. The highest BCUT2D eigenvalue weighted by atomic mass is 19.1. The number of hydrogen-bond acceptors (Lipinski definition) is 3. The Morgan fingerprint density at radius 2 is 1.96 bits per heavy atom. The fraction of sp³-hybridized carbons (Fsp3) is 0.588. The smallest absolute Gasteiger partial charge is 0.191 e. The molecule has 0 aromatic heterocycles. The van der Waals surface area contributed by atoms with Gasteiger partial charge in [-0.3, -0.25) is 4.99 Å². The number of aliphatic imine (C=N–C) groups is 1. The lowest BCUT2D eigenvalue weighted by atomic mass is 10.1. The third-order valence-corrected chi connectivity index (χ3v) is 3.59. The van der Waals surface area contributed by atoms with E-state index in [2.05, 4.69) is 27.6 Å². The van der Waals surface area contributed by atoms with Gasteiger partial charge in [0.2, 0.25) is 0 Å². The van der Waals surface area contributed by atoms with Crippen LogP contribution in [-0.2, 0) is 11.2 Å². The molecule has 0 aliphatic carbocycles. The topological polar surface area (TPSA) is 48.9 Å². The fourth-order valence-electron chi connectivity index (χ4n) is 2.23. The van der Waals surface area contributed by atoms with E-state index in [1.807, 2.05) is 0 Å². The Hall–Kier alpha value is -1.73. The van der Waals surface area contributed by atoms with Crippen molar-refractivity contribution in [2.75, 3.05) is 54.0 Å². The normalized spacial score (nSPS) is 11.8. The van der Waals surface area contributed by atoms with Crippen LogP contribution in [0, 0.1) is 11.6 Å². The maximum atomic E-state index is 13.5. The molecule has 136 valence electrons. The second kappa shape index (κ2) is 11.8. The lowest BCUT2D eigenvalue weighted by Crippen LogP contribution is -2.41. The zero-order chi connectivity index (χ0) is 17.8. The lowest BCUT2D eigenvalue weighted by Gasteiger charge is -2.18. The van der Waals surface area contributed by atoms with E-state index >= 15 is 0 Å². The van der Waals surface area contributed by atoms with Crippen molar-refractivity contribution >= 4 is 5.96 Å². The predicted octanol–water partition coefficient (Wildman–Crippen LogP) is 1.64. The molecule has 0 heterocycles. The van der Waals surface area contributed by atoms with E-state index < -0.39 is 5.82 Å². The van der Waals surface area contributed by atoms with Crippen LogP contribution in [0.4, 0.5) is 8.78 Å². The molecule has 0 saturated carbocycles. The zero-order valence-corrected chi connectivity index (χ0v) is 14.7.